The smallest absolute Gasteiger partial charge is 0.238 e. The molecule has 0 spiro atoms. The maximum atomic E-state index is 6.23. The van der Waals surface area contributed by atoms with E-state index in [2.05, 4.69) is 53.1 Å². The molecule has 0 aliphatic heterocycles. The minimum absolute atomic E-state index is 0.530. The van der Waals surface area contributed by atoms with Crippen molar-refractivity contribution in [3.05, 3.63) is 140 Å². The van der Waals surface area contributed by atoms with Gasteiger partial charge in [0.15, 0.2) is 17.2 Å². The van der Waals surface area contributed by atoms with Crippen molar-refractivity contribution < 1.29 is 8.83 Å². The number of hydrogen-bond acceptors (Lipinski definition) is 6. The van der Waals surface area contributed by atoms with Crippen LogP contribution < -0.4 is 0 Å². The van der Waals surface area contributed by atoms with Crippen molar-refractivity contribution in [2.24, 2.45) is 0 Å². The molecule has 10 rings (SSSR count). The van der Waals surface area contributed by atoms with Crippen LogP contribution in [0, 0.1) is 0 Å². The highest BCUT2D eigenvalue weighted by Gasteiger charge is 2.19. The molecule has 7 heteroatoms. The largest absolute Gasteiger partial charge is 0.456 e. The molecule has 0 bridgehead atoms. The average Bonchev–Trinajstić information content (AvgIpc) is 3.83. The van der Waals surface area contributed by atoms with Gasteiger partial charge in [-0.2, -0.15) is 9.97 Å². The van der Waals surface area contributed by atoms with Crippen LogP contribution in [0.4, 0.5) is 0 Å². The number of hydrogen-bond donors (Lipinski definition) is 0. The zero-order chi connectivity index (χ0) is 30.9. The minimum atomic E-state index is 0.530. The van der Waals surface area contributed by atoms with Crippen molar-refractivity contribution >= 4 is 54.8 Å². The predicted molar refractivity (Wildman–Crippen MR) is 185 cm³/mol. The molecule has 0 saturated carbocycles. The molecule has 0 atom stereocenters. The second-order valence-corrected chi connectivity index (χ2v) is 11.5. The lowest BCUT2D eigenvalue weighted by Gasteiger charge is -2.11. The summed E-state index contributed by atoms with van der Waals surface area (Å²) in [5.74, 6) is 2.19. The number of aromatic nitrogens is 5. The predicted octanol–water partition coefficient (Wildman–Crippen LogP) is 10.0. The topological polar surface area (TPSA) is 82.8 Å². The summed E-state index contributed by atoms with van der Waals surface area (Å²) in [5, 5.41) is 4.32. The van der Waals surface area contributed by atoms with Gasteiger partial charge in [-0.05, 0) is 66.7 Å². The molecule has 220 valence electrons. The van der Waals surface area contributed by atoms with Crippen molar-refractivity contribution in [2.75, 3.05) is 0 Å². The Morgan fingerprint density at radius 1 is 0.404 bits per heavy atom. The third-order valence-corrected chi connectivity index (χ3v) is 8.71. The molecule has 0 saturated heterocycles. The molecule has 0 fully saturated rings. The Morgan fingerprint density at radius 2 is 1.02 bits per heavy atom. The number of oxazole rings is 1. The minimum Gasteiger partial charge on any atom is -0.456 e. The SMILES string of the molecule is c1ccc(-c2nc3ccc(-c4nc(-c5ccc6oc7ccccc7c6c5)nc(-n5c6ccccc6c6ccccc65)n4)cc3o2)cc1. The summed E-state index contributed by atoms with van der Waals surface area (Å²) in [6, 6.07) is 46.6. The fraction of sp³-hybridized carbons (Fsp3) is 0. The zero-order valence-electron chi connectivity index (χ0n) is 24.8. The van der Waals surface area contributed by atoms with Crippen LogP contribution in [0.3, 0.4) is 0 Å². The molecule has 0 aliphatic carbocycles. The average molecular weight is 606 g/mol. The van der Waals surface area contributed by atoms with E-state index < -0.39 is 0 Å². The summed E-state index contributed by atoms with van der Waals surface area (Å²) in [7, 11) is 0. The molecule has 0 N–H and O–H groups in total. The molecule has 10 aromatic rings. The molecule has 0 radical (unpaired) electrons. The van der Waals surface area contributed by atoms with Gasteiger partial charge in [0, 0.05) is 38.2 Å². The summed E-state index contributed by atoms with van der Waals surface area (Å²) in [6.07, 6.45) is 0. The van der Waals surface area contributed by atoms with Crippen LogP contribution in [0.5, 0.6) is 0 Å². The molecular formula is C40H23N5O2. The molecular weight excluding hydrogens is 582 g/mol. The highest BCUT2D eigenvalue weighted by molar-refractivity contribution is 6.09. The second kappa shape index (κ2) is 9.95. The van der Waals surface area contributed by atoms with Gasteiger partial charge in [-0.25, -0.2) is 9.97 Å². The quantitative estimate of drug-likeness (QED) is 0.199. The third kappa shape index (κ3) is 4.07. The lowest BCUT2D eigenvalue weighted by molar-refractivity contribution is 0.620. The first-order valence-electron chi connectivity index (χ1n) is 15.4. The van der Waals surface area contributed by atoms with E-state index in [-0.39, 0.29) is 0 Å². The van der Waals surface area contributed by atoms with E-state index in [9.17, 15) is 0 Å². The Kier molecular flexibility index (Phi) is 5.44. The van der Waals surface area contributed by atoms with Crippen molar-refractivity contribution in [2.45, 2.75) is 0 Å². The summed E-state index contributed by atoms with van der Waals surface area (Å²) in [6.45, 7) is 0. The van der Waals surface area contributed by atoms with Gasteiger partial charge in [0.2, 0.25) is 11.8 Å². The normalized spacial score (nSPS) is 11.8. The number of benzene rings is 6. The van der Waals surface area contributed by atoms with Crippen molar-refractivity contribution in [1.82, 2.24) is 24.5 Å². The van der Waals surface area contributed by atoms with E-state index >= 15 is 0 Å². The fourth-order valence-electron chi connectivity index (χ4n) is 6.49. The molecule has 47 heavy (non-hydrogen) atoms. The second-order valence-electron chi connectivity index (χ2n) is 11.5. The number of furan rings is 1. The van der Waals surface area contributed by atoms with Gasteiger partial charge in [0.05, 0.1) is 11.0 Å². The van der Waals surface area contributed by atoms with E-state index in [1.54, 1.807) is 0 Å². The van der Waals surface area contributed by atoms with Crippen LogP contribution in [0.2, 0.25) is 0 Å². The first-order chi connectivity index (χ1) is 23.3. The summed E-state index contributed by atoms with van der Waals surface area (Å²) in [5.41, 5.74) is 7.71. The van der Waals surface area contributed by atoms with E-state index in [0.717, 1.165) is 66.0 Å². The molecule has 4 heterocycles. The maximum absolute atomic E-state index is 6.23. The van der Waals surface area contributed by atoms with Crippen LogP contribution in [0.15, 0.2) is 148 Å². The number of nitrogens with zero attached hydrogens (tertiary/aromatic N) is 5. The lowest BCUT2D eigenvalue weighted by Crippen LogP contribution is -2.06. The Balaban J connectivity index is 1.21. The first-order valence-corrected chi connectivity index (χ1v) is 15.4. The molecule has 4 aromatic heterocycles. The maximum Gasteiger partial charge on any atom is 0.238 e. The summed E-state index contributed by atoms with van der Waals surface area (Å²) >= 11 is 0. The Labute approximate surface area is 267 Å². The van der Waals surface area contributed by atoms with Crippen molar-refractivity contribution in [3.8, 4) is 40.2 Å². The zero-order valence-corrected chi connectivity index (χ0v) is 24.8. The van der Waals surface area contributed by atoms with E-state index in [0.29, 0.717) is 29.1 Å². The lowest BCUT2D eigenvalue weighted by atomic mass is 10.1. The molecule has 7 nitrogen and oxygen atoms in total. The van der Waals surface area contributed by atoms with E-state index in [1.165, 1.54) is 0 Å². The molecule has 0 aliphatic rings. The van der Waals surface area contributed by atoms with E-state index in [4.69, 9.17) is 28.8 Å². The van der Waals surface area contributed by atoms with Gasteiger partial charge in [0.25, 0.3) is 0 Å². The van der Waals surface area contributed by atoms with Gasteiger partial charge < -0.3 is 8.83 Å². The first kappa shape index (κ1) is 25.7. The Hall–Kier alpha value is -6.60. The Bertz CT molecular complexity index is 2760. The number of fused-ring (bicyclic) bond motifs is 7. The summed E-state index contributed by atoms with van der Waals surface area (Å²) in [4.78, 5) is 20.0. The standard InChI is InChI=1S/C40H23N5O2/c1-2-10-24(11-3-1)39-41-31-20-18-26(23-36(31)47-39)38-42-37(25-19-21-35-30(22-25)29-14-6-9-17-34(29)46-35)43-40(44-38)45-32-15-7-4-12-27(32)28-13-5-8-16-33(28)45/h1-23H. The van der Waals surface area contributed by atoms with Crippen LogP contribution in [-0.2, 0) is 0 Å². The van der Waals surface area contributed by atoms with Crippen LogP contribution in [0.25, 0.3) is 95.0 Å². The van der Waals surface area contributed by atoms with Crippen LogP contribution >= 0.6 is 0 Å². The fourth-order valence-corrected chi connectivity index (χ4v) is 6.49. The monoisotopic (exact) mass is 605 g/mol. The van der Waals surface area contributed by atoms with Gasteiger partial charge >= 0.3 is 0 Å². The number of rotatable bonds is 4. The third-order valence-electron chi connectivity index (χ3n) is 8.71. The van der Waals surface area contributed by atoms with Crippen molar-refractivity contribution in [3.63, 3.8) is 0 Å². The van der Waals surface area contributed by atoms with Crippen LogP contribution in [0.1, 0.15) is 0 Å². The Morgan fingerprint density at radius 3 is 1.79 bits per heavy atom. The number of para-hydroxylation sites is 3. The van der Waals surface area contributed by atoms with E-state index in [1.807, 2.05) is 91.0 Å². The van der Waals surface area contributed by atoms with Gasteiger partial charge in [-0.15, -0.1) is 0 Å². The van der Waals surface area contributed by atoms with Gasteiger partial charge in [-0.3, -0.25) is 4.57 Å². The van der Waals surface area contributed by atoms with Gasteiger partial charge in [0.1, 0.15) is 16.7 Å². The highest BCUT2D eigenvalue weighted by Crippen LogP contribution is 2.35. The summed E-state index contributed by atoms with van der Waals surface area (Å²) < 4.78 is 14.5. The van der Waals surface area contributed by atoms with Crippen LogP contribution in [-0.4, -0.2) is 24.5 Å². The molecule has 6 aromatic carbocycles. The van der Waals surface area contributed by atoms with Gasteiger partial charge in [-0.1, -0.05) is 72.8 Å². The molecule has 0 unspecified atom stereocenters. The highest BCUT2D eigenvalue weighted by atomic mass is 16.3. The van der Waals surface area contributed by atoms with Crippen molar-refractivity contribution in [1.29, 1.82) is 0 Å². The molecule has 0 amide bonds.